The summed E-state index contributed by atoms with van der Waals surface area (Å²) in [5.41, 5.74) is -5.76. The highest BCUT2D eigenvalue weighted by Crippen LogP contribution is 2.29. The predicted molar refractivity (Wildman–Crippen MR) is 65.8 cm³/mol. The molecule has 0 saturated carbocycles. The van der Waals surface area contributed by atoms with Crippen LogP contribution in [0.4, 0.5) is 13.2 Å². The first kappa shape index (κ1) is 16.5. The average Bonchev–Trinajstić information content (AvgIpc) is 2.27. The topological polar surface area (TPSA) is 60.4 Å². The molecule has 0 aliphatic rings. The molecule has 20 heavy (non-hydrogen) atoms. The van der Waals surface area contributed by atoms with Gasteiger partial charge in [0.2, 0.25) is 0 Å². The summed E-state index contributed by atoms with van der Waals surface area (Å²) in [7, 11) is -5.68. The number of alkyl halides is 3. The Morgan fingerprint density at radius 1 is 1.10 bits per heavy atom. The van der Waals surface area contributed by atoms with Gasteiger partial charge in [-0.15, -0.1) is 0 Å². The zero-order valence-corrected chi connectivity index (χ0v) is 11.8. The van der Waals surface area contributed by atoms with E-state index in [4.69, 9.17) is 0 Å². The maximum atomic E-state index is 12.1. The van der Waals surface area contributed by atoms with Crippen LogP contribution in [-0.2, 0) is 20.3 Å². The zero-order chi connectivity index (χ0) is 15.8. The lowest BCUT2D eigenvalue weighted by atomic mass is 9.81. The predicted octanol–water partition coefficient (Wildman–Crippen LogP) is 2.78. The summed E-state index contributed by atoms with van der Waals surface area (Å²) < 4.78 is 62.0. The monoisotopic (exact) mass is 310 g/mol. The molecule has 0 radical (unpaired) electrons. The third kappa shape index (κ3) is 3.30. The lowest BCUT2D eigenvalue weighted by Crippen LogP contribution is -2.28. The Bertz CT molecular complexity index is 601. The van der Waals surface area contributed by atoms with Crippen LogP contribution in [0.5, 0.6) is 5.75 Å². The number of hydrogen-bond acceptors (Lipinski definition) is 4. The molecule has 0 bridgehead atoms. The van der Waals surface area contributed by atoms with Crippen molar-refractivity contribution >= 4 is 15.9 Å². The second-order valence-electron chi connectivity index (χ2n) is 4.69. The smallest absolute Gasteiger partial charge is 0.376 e. The van der Waals surface area contributed by atoms with E-state index < -0.39 is 26.8 Å². The number of Topliss-reactive ketones (excluding diaryl/α,β-unsaturated/α-hetero) is 1. The molecule has 0 N–H and O–H groups in total. The Kier molecular flexibility index (Phi) is 4.19. The number of rotatable bonds is 4. The van der Waals surface area contributed by atoms with Gasteiger partial charge in [-0.1, -0.05) is 12.1 Å². The van der Waals surface area contributed by atoms with E-state index in [0.717, 1.165) is 12.1 Å². The molecular formula is C12H13F3O4S. The van der Waals surface area contributed by atoms with Gasteiger partial charge in [0.05, 0.1) is 0 Å². The second-order valence-corrected chi connectivity index (χ2v) is 6.23. The van der Waals surface area contributed by atoms with Crippen LogP contribution in [0.25, 0.3) is 0 Å². The molecule has 1 rings (SSSR count). The molecule has 8 heteroatoms. The molecule has 112 valence electrons. The van der Waals surface area contributed by atoms with Crippen LogP contribution in [0.3, 0.4) is 0 Å². The molecule has 0 amide bonds. The van der Waals surface area contributed by atoms with Gasteiger partial charge in [0.25, 0.3) is 0 Å². The van der Waals surface area contributed by atoms with Crippen LogP contribution in [0, 0.1) is 0 Å². The van der Waals surface area contributed by atoms with Gasteiger partial charge in [-0.2, -0.15) is 21.6 Å². The lowest BCUT2D eigenvalue weighted by molar-refractivity contribution is -0.121. The van der Waals surface area contributed by atoms with Crippen molar-refractivity contribution in [2.45, 2.75) is 31.7 Å². The van der Waals surface area contributed by atoms with Gasteiger partial charge in [-0.05, 0) is 38.5 Å². The Labute approximate surface area is 114 Å². The Hall–Kier alpha value is -1.57. The molecule has 1 aromatic carbocycles. The summed E-state index contributed by atoms with van der Waals surface area (Å²) in [6.07, 6.45) is 0. The third-order valence-corrected chi connectivity index (χ3v) is 3.92. The minimum absolute atomic E-state index is 0.130. The SMILES string of the molecule is CC(=O)C(C)(C)c1ccc(OS(=O)(=O)C(F)(F)F)cc1. The van der Waals surface area contributed by atoms with Crippen LogP contribution in [0.2, 0.25) is 0 Å². The summed E-state index contributed by atoms with van der Waals surface area (Å²) in [5.74, 6) is -0.598. The lowest BCUT2D eigenvalue weighted by Gasteiger charge is -2.21. The van der Waals surface area contributed by atoms with E-state index in [0.29, 0.717) is 5.56 Å². The fourth-order valence-electron chi connectivity index (χ4n) is 1.30. The van der Waals surface area contributed by atoms with E-state index in [9.17, 15) is 26.4 Å². The number of benzene rings is 1. The van der Waals surface area contributed by atoms with E-state index in [1.807, 2.05) is 0 Å². The van der Waals surface area contributed by atoms with Gasteiger partial charge in [-0.3, -0.25) is 4.79 Å². The minimum atomic E-state index is -5.68. The summed E-state index contributed by atoms with van der Waals surface area (Å²) in [5, 5.41) is 0. The highest BCUT2D eigenvalue weighted by molar-refractivity contribution is 7.87. The van der Waals surface area contributed by atoms with E-state index in [1.54, 1.807) is 13.8 Å². The zero-order valence-electron chi connectivity index (χ0n) is 11.0. The van der Waals surface area contributed by atoms with Crippen LogP contribution in [0.15, 0.2) is 24.3 Å². The molecule has 0 unspecified atom stereocenters. The van der Waals surface area contributed by atoms with E-state index in [-0.39, 0.29) is 5.78 Å². The van der Waals surface area contributed by atoms with E-state index in [1.165, 1.54) is 19.1 Å². The molecule has 0 saturated heterocycles. The minimum Gasteiger partial charge on any atom is -0.376 e. The van der Waals surface area contributed by atoms with Crippen molar-refractivity contribution in [3.63, 3.8) is 0 Å². The highest BCUT2D eigenvalue weighted by Gasteiger charge is 2.48. The van der Waals surface area contributed by atoms with Crippen molar-refractivity contribution in [2.75, 3.05) is 0 Å². The van der Waals surface area contributed by atoms with Crippen molar-refractivity contribution in [3.05, 3.63) is 29.8 Å². The van der Waals surface area contributed by atoms with Gasteiger partial charge in [-0.25, -0.2) is 0 Å². The first-order valence-corrected chi connectivity index (χ1v) is 6.91. The molecule has 1 aromatic rings. The van der Waals surface area contributed by atoms with Crippen molar-refractivity contribution in [3.8, 4) is 5.75 Å². The fourth-order valence-corrected chi connectivity index (χ4v) is 1.76. The van der Waals surface area contributed by atoms with E-state index >= 15 is 0 Å². The van der Waals surface area contributed by atoms with Crippen LogP contribution in [0.1, 0.15) is 26.3 Å². The summed E-state index contributed by atoms with van der Waals surface area (Å²) in [4.78, 5) is 11.4. The van der Waals surface area contributed by atoms with Crippen LogP contribution >= 0.6 is 0 Å². The van der Waals surface area contributed by atoms with E-state index in [2.05, 4.69) is 4.18 Å². The van der Waals surface area contributed by atoms with Gasteiger partial charge < -0.3 is 4.18 Å². The Balaban J connectivity index is 3.03. The van der Waals surface area contributed by atoms with Gasteiger partial charge in [0, 0.05) is 5.41 Å². The number of hydrogen-bond donors (Lipinski definition) is 0. The summed E-state index contributed by atoms with van der Waals surface area (Å²) >= 11 is 0. The molecule has 0 aliphatic carbocycles. The van der Waals surface area contributed by atoms with Crippen molar-refractivity contribution < 1.29 is 30.6 Å². The normalized spacial score (nSPS) is 13.1. The number of carbonyl (C=O) groups excluding carboxylic acids is 1. The number of carbonyl (C=O) groups is 1. The molecule has 0 atom stereocenters. The van der Waals surface area contributed by atoms with Gasteiger partial charge in [0.15, 0.2) is 0 Å². The summed E-state index contributed by atoms with van der Waals surface area (Å²) in [6.45, 7) is 4.69. The first-order valence-electron chi connectivity index (χ1n) is 5.50. The van der Waals surface area contributed by atoms with Crippen molar-refractivity contribution in [2.24, 2.45) is 0 Å². The quantitative estimate of drug-likeness (QED) is 0.634. The molecule has 0 aromatic heterocycles. The standard InChI is InChI=1S/C12H13F3O4S/c1-8(16)11(2,3)9-4-6-10(7-5-9)19-20(17,18)12(13,14)15/h4-7H,1-3H3. The maximum absolute atomic E-state index is 12.1. The number of ketones is 1. The Morgan fingerprint density at radius 2 is 1.55 bits per heavy atom. The molecule has 0 aliphatic heterocycles. The molecule has 0 fully saturated rings. The molecule has 0 heterocycles. The average molecular weight is 310 g/mol. The van der Waals surface area contributed by atoms with Crippen molar-refractivity contribution in [1.29, 1.82) is 0 Å². The van der Waals surface area contributed by atoms with Crippen LogP contribution < -0.4 is 4.18 Å². The number of halogens is 3. The van der Waals surface area contributed by atoms with Gasteiger partial charge >= 0.3 is 15.6 Å². The summed E-state index contributed by atoms with van der Waals surface area (Å²) in [6, 6.07) is 4.85. The fraction of sp³-hybridized carbons (Fsp3) is 0.417. The molecule has 4 nitrogen and oxygen atoms in total. The first-order chi connectivity index (χ1) is 8.88. The molecule has 0 spiro atoms. The Morgan fingerprint density at radius 3 is 1.90 bits per heavy atom. The van der Waals surface area contributed by atoms with Gasteiger partial charge in [0.1, 0.15) is 11.5 Å². The maximum Gasteiger partial charge on any atom is 0.534 e. The largest absolute Gasteiger partial charge is 0.534 e. The van der Waals surface area contributed by atoms with Crippen molar-refractivity contribution in [1.82, 2.24) is 0 Å². The second kappa shape index (κ2) is 5.08. The third-order valence-electron chi connectivity index (χ3n) is 2.95. The van der Waals surface area contributed by atoms with Crippen LogP contribution in [-0.4, -0.2) is 19.7 Å². The highest BCUT2D eigenvalue weighted by atomic mass is 32.2. The molecular weight excluding hydrogens is 297 g/mol.